The van der Waals surface area contributed by atoms with Gasteiger partial charge in [0.15, 0.2) is 5.96 Å². The SMILES string of the molecule is CCNC(=NCc1ncc(C)s1)NCCn1cc(C)cn1.I. The Bertz CT molecular complexity index is 592. The van der Waals surface area contributed by atoms with Crippen molar-refractivity contribution in [3.05, 3.63) is 34.0 Å². The second-order valence-corrected chi connectivity index (χ2v) is 6.09. The molecule has 0 bridgehead atoms. The summed E-state index contributed by atoms with van der Waals surface area (Å²) in [6, 6.07) is 0. The van der Waals surface area contributed by atoms with E-state index in [0.717, 1.165) is 30.6 Å². The standard InChI is InChI=1S/C14H22N6S.HI/c1-4-15-14(18-9-13-17-8-12(3)21-13)16-5-6-20-10-11(2)7-19-20;/h7-8,10H,4-6,9H2,1-3H3,(H2,15,16,18);1H. The Morgan fingerprint density at radius 3 is 2.73 bits per heavy atom. The molecule has 0 saturated carbocycles. The van der Waals surface area contributed by atoms with Crippen molar-refractivity contribution in [2.24, 2.45) is 4.99 Å². The molecule has 0 saturated heterocycles. The lowest BCUT2D eigenvalue weighted by atomic mass is 10.4. The van der Waals surface area contributed by atoms with Crippen LogP contribution in [0.1, 0.15) is 22.4 Å². The largest absolute Gasteiger partial charge is 0.357 e. The van der Waals surface area contributed by atoms with Gasteiger partial charge in [-0.25, -0.2) is 9.98 Å². The third-order valence-corrected chi connectivity index (χ3v) is 3.68. The van der Waals surface area contributed by atoms with Crippen LogP contribution in [0, 0.1) is 13.8 Å². The summed E-state index contributed by atoms with van der Waals surface area (Å²) in [6.45, 7) is 9.19. The van der Waals surface area contributed by atoms with E-state index in [1.165, 1.54) is 10.4 Å². The van der Waals surface area contributed by atoms with Gasteiger partial charge < -0.3 is 10.6 Å². The van der Waals surface area contributed by atoms with E-state index < -0.39 is 0 Å². The molecular formula is C14H23IN6S. The first kappa shape index (κ1) is 18.9. The third kappa shape index (κ3) is 6.30. The molecule has 0 fully saturated rings. The van der Waals surface area contributed by atoms with Crippen LogP contribution in [0.3, 0.4) is 0 Å². The maximum Gasteiger partial charge on any atom is 0.191 e. The van der Waals surface area contributed by atoms with Crippen LogP contribution in [0.4, 0.5) is 0 Å². The second kappa shape index (κ2) is 9.78. The van der Waals surface area contributed by atoms with Crippen LogP contribution >= 0.6 is 35.3 Å². The summed E-state index contributed by atoms with van der Waals surface area (Å²) >= 11 is 1.68. The first-order valence-electron chi connectivity index (χ1n) is 7.10. The molecule has 0 aliphatic heterocycles. The molecule has 0 aromatic carbocycles. The molecular weight excluding hydrogens is 411 g/mol. The molecule has 2 heterocycles. The molecule has 0 atom stereocenters. The lowest BCUT2D eigenvalue weighted by Gasteiger charge is -2.10. The van der Waals surface area contributed by atoms with Gasteiger partial charge in [0.05, 0.1) is 19.3 Å². The van der Waals surface area contributed by atoms with Crippen LogP contribution in [-0.2, 0) is 13.1 Å². The average Bonchev–Trinajstić information content (AvgIpc) is 3.05. The summed E-state index contributed by atoms with van der Waals surface area (Å²) in [5, 5.41) is 11.8. The lowest BCUT2D eigenvalue weighted by Crippen LogP contribution is -2.38. The van der Waals surface area contributed by atoms with E-state index in [9.17, 15) is 0 Å². The number of nitrogens with zero attached hydrogens (tertiary/aromatic N) is 4. The number of hydrogen-bond donors (Lipinski definition) is 2. The van der Waals surface area contributed by atoms with E-state index in [0.29, 0.717) is 6.54 Å². The van der Waals surface area contributed by atoms with Crippen LogP contribution in [0.2, 0.25) is 0 Å². The fourth-order valence-electron chi connectivity index (χ4n) is 1.84. The number of halogens is 1. The fraction of sp³-hybridized carbons (Fsp3) is 0.500. The first-order valence-corrected chi connectivity index (χ1v) is 7.91. The second-order valence-electron chi connectivity index (χ2n) is 4.77. The number of hydrogen-bond acceptors (Lipinski definition) is 4. The van der Waals surface area contributed by atoms with Crippen LogP contribution in [0.15, 0.2) is 23.6 Å². The predicted octanol–water partition coefficient (Wildman–Crippen LogP) is 2.33. The maximum atomic E-state index is 4.55. The minimum absolute atomic E-state index is 0. The van der Waals surface area contributed by atoms with Gasteiger partial charge in [0.2, 0.25) is 0 Å². The quantitative estimate of drug-likeness (QED) is 0.416. The molecule has 2 aromatic heterocycles. The molecule has 0 amide bonds. The van der Waals surface area contributed by atoms with Gasteiger partial charge in [0.25, 0.3) is 0 Å². The van der Waals surface area contributed by atoms with E-state index >= 15 is 0 Å². The Balaban J connectivity index is 0.00000242. The summed E-state index contributed by atoms with van der Waals surface area (Å²) in [5.74, 6) is 0.814. The Hall–Kier alpha value is -1.16. The van der Waals surface area contributed by atoms with Gasteiger partial charge in [-0.15, -0.1) is 35.3 Å². The fourth-order valence-corrected chi connectivity index (χ4v) is 2.55. The zero-order chi connectivity index (χ0) is 15.1. The molecule has 2 rings (SSSR count). The van der Waals surface area contributed by atoms with E-state index in [-0.39, 0.29) is 24.0 Å². The number of aliphatic imine (C=N–C) groups is 1. The monoisotopic (exact) mass is 434 g/mol. The first-order chi connectivity index (χ1) is 10.2. The Labute approximate surface area is 152 Å². The molecule has 0 aliphatic rings. The van der Waals surface area contributed by atoms with Gasteiger partial charge in [-0.05, 0) is 26.3 Å². The van der Waals surface area contributed by atoms with Gasteiger partial charge in [0.1, 0.15) is 5.01 Å². The van der Waals surface area contributed by atoms with Crippen molar-refractivity contribution in [2.45, 2.75) is 33.9 Å². The van der Waals surface area contributed by atoms with Gasteiger partial charge in [-0.1, -0.05) is 0 Å². The summed E-state index contributed by atoms with van der Waals surface area (Å²) in [5.41, 5.74) is 1.18. The molecule has 0 aliphatic carbocycles. The van der Waals surface area contributed by atoms with Crippen LogP contribution in [0.25, 0.3) is 0 Å². The number of guanidine groups is 1. The molecule has 2 aromatic rings. The Morgan fingerprint density at radius 1 is 1.32 bits per heavy atom. The van der Waals surface area contributed by atoms with E-state index in [2.05, 4.69) is 39.6 Å². The predicted molar refractivity (Wildman–Crippen MR) is 102 cm³/mol. The lowest BCUT2D eigenvalue weighted by molar-refractivity contribution is 0.597. The van der Waals surface area contributed by atoms with Gasteiger partial charge in [0, 0.05) is 30.4 Å². The highest BCUT2D eigenvalue weighted by atomic mass is 127. The maximum absolute atomic E-state index is 4.55. The number of nitrogens with one attached hydrogen (secondary N) is 2. The number of aromatic nitrogens is 3. The highest BCUT2D eigenvalue weighted by molar-refractivity contribution is 14.0. The Morgan fingerprint density at radius 2 is 2.14 bits per heavy atom. The van der Waals surface area contributed by atoms with Crippen molar-refractivity contribution in [1.82, 2.24) is 25.4 Å². The van der Waals surface area contributed by atoms with Crippen LogP contribution < -0.4 is 10.6 Å². The van der Waals surface area contributed by atoms with Crippen LogP contribution in [0.5, 0.6) is 0 Å². The van der Waals surface area contributed by atoms with Crippen molar-refractivity contribution < 1.29 is 0 Å². The number of thiazole rings is 1. The molecule has 0 unspecified atom stereocenters. The average molecular weight is 434 g/mol. The van der Waals surface area contributed by atoms with Gasteiger partial charge in [-0.3, -0.25) is 4.68 Å². The van der Waals surface area contributed by atoms with Crippen molar-refractivity contribution in [2.75, 3.05) is 13.1 Å². The molecule has 6 nitrogen and oxygen atoms in total. The van der Waals surface area contributed by atoms with Gasteiger partial charge in [-0.2, -0.15) is 5.10 Å². The van der Waals surface area contributed by atoms with Crippen molar-refractivity contribution in [3.63, 3.8) is 0 Å². The van der Waals surface area contributed by atoms with E-state index in [1.54, 1.807) is 11.3 Å². The third-order valence-electron chi connectivity index (χ3n) is 2.78. The highest BCUT2D eigenvalue weighted by Gasteiger charge is 2.01. The molecule has 0 spiro atoms. The zero-order valence-corrected chi connectivity index (χ0v) is 16.3. The van der Waals surface area contributed by atoms with Crippen LogP contribution in [-0.4, -0.2) is 33.8 Å². The number of aryl methyl sites for hydroxylation is 2. The highest BCUT2D eigenvalue weighted by Crippen LogP contribution is 2.11. The van der Waals surface area contributed by atoms with Gasteiger partial charge >= 0.3 is 0 Å². The molecule has 2 N–H and O–H groups in total. The smallest absolute Gasteiger partial charge is 0.191 e. The molecule has 122 valence electrons. The van der Waals surface area contributed by atoms with Crippen molar-refractivity contribution >= 4 is 41.3 Å². The zero-order valence-electron chi connectivity index (χ0n) is 13.2. The van der Waals surface area contributed by atoms with E-state index in [4.69, 9.17) is 0 Å². The topological polar surface area (TPSA) is 67.1 Å². The Kier molecular flexibility index (Phi) is 8.39. The molecule has 8 heteroatoms. The summed E-state index contributed by atoms with van der Waals surface area (Å²) in [6.07, 6.45) is 5.78. The molecule has 22 heavy (non-hydrogen) atoms. The number of rotatable bonds is 6. The minimum atomic E-state index is 0. The van der Waals surface area contributed by atoms with E-state index in [1.807, 2.05) is 30.2 Å². The summed E-state index contributed by atoms with van der Waals surface area (Å²) in [7, 11) is 0. The van der Waals surface area contributed by atoms with Crippen molar-refractivity contribution in [3.8, 4) is 0 Å². The molecule has 0 radical (unpaired) electrons. The normalized spacial score (nSPS) is 11.1. The summed E-state index contributed by atoms with van der Waals surface area (Å²) < 4.78 is 1.93. The summed E-state index contributed by atoms with van der Waals surface area (Å²) in [4.78, 5) is 10.1. The van der Waals surface area contributed by atoms with Crippen molar-refractivity contribution in [1.29, 1.82) is 0 Å². The minimum Gasteiger partial charge on any atom is -0.357 e.